The summed E-state index contributed by atoms with van der Waals surface area (Å²) in [6.07, 6.45) is 0.349. The molecule has 26 heavy (non-hydrogen) atoms. The van der Waals surface area contributed by atoms with Crippen LogP contribution in [0.5, 0.6) is 0 Å². The monoisotopic (exact) mass is 360 g/mol. The molecular weight excluding hydrogens is 340 g/mol. The molecule has 2 heterocycles. The smallest absolute Gasteiger partial charge is 0.337 e. The summed E-state index contributed by atoms with van der Waals surface area (Å²) >= 11 is 0. The molecule has 138 valence electrons. The highest BCUT2D eigenvalue weighted by Gasteiger charge is 2.30. The first-order chi connectivity index (χ1) is 12.6. The Hall–Kier alpha value is -2.78. The van der Waals surface area contributed by atoms with Gasteiger partial charge in [-0.25, -0.2) is 4.79 Å². The number of esters is 1. The van der Waals surface area contributed by atoms with Crippen LogP contribution in [0.25, 0.3) is 11.4 Å². The van der Waals surface area contributed by atoms with Crippen LogP contribution in [-0.2, 0) is 16.1 Å². The summed E-state index contributed by atoms with van der Waals surface area (Å²) in [6.45, 7) is 1.43. The Kier molecular flexibility index (Phi) is 5.59. The normalized spacial score (nSPS) is 17.8. The summed E-state index contributed by atoms with van der Waals surface area (Å²) in [5.41, 5.74) is 1.14. The Balaban J connectivity index is 1.71. The van der Waals surface area contributed by atoms with Gasteiger partial charge in [-0.3, -0.25) is 9.69 Å². The van der Waals surface area contributed by atoms with Gasteiger partial charge in [-0.05, 0) is 18.6 Å². The number of nitrogens with one attached hydrogen (secondary N) is 1. The van der Waals surface area contributed by atoms with Crippen molar-refractivity contribution < 1.29 is 24.0 Å². The van der Waals surface area contributed by atoms with Gasteiger partial charge in [0.05, 0.1) is 25.3 Å². The van der Waals surface area contributed by atoms with E-state index in [-0.39, 0.29) is 12.5 Å². The minimum absolute atomic E-state index is 0.0732. The summed E-state index contributed by atoms with van der Waals surface area (Å²) in [7, 11) is 1.33. The van der Waals surface area contributed by atoms with Gasteiger partial charge in [-0.1, -0.05) is 17.3 Å². The average Bonchev–Trinajstić information content (AvgIpc) is 3.12. The summed E-state index contributed by atoms with van der Waals surface area (Å²) in [4.78, 5) is 29.7. The number of aliphatic hydroxyl groups is 1. The van der Waals surface area contributed by atoms with E-state index < -0.39 is 12.0 Å². The van der Waals surface area contributed by atoms with E-state index in [0.29, 0.717) is 48.9 Å². The minimum atomic E-state index is -0.413. The van der Waals surface area contributed by atoms with Crippen LogP contribution in [0.2, 0.25) is 0 Å². The number of aliphatic hydroxyl groups excluding tert-OH is 1. The predicted octanol–water partition coefficient (Wildman–Crippen LogP) is 0.206. The molecular formula is C17H20N4O5. The second-order valence-corrected chi connectivity index (χ2v) is 5.87. The maximum absolute atomic E-state index is 12.0. The molecule has 1 amide bonds. The molecule has 2 aromatic rings. The Morgan fingerprint density at radius 3 is 2.88 bits per heavy atom. The van der Waals surface area contributed by atoms with Crippen molar-refractivity contribution in [2.75, 3.05) is 26.8 Å². The standard InChI is InChI=1S/C17H20N4O5/c1-25-17(24)12-4-2-11(3-5-12)15-19-14(26-20-15)10-21-8-7-18-16(23)13(21)6-9-22/h2-5,13,22H,6-10H2,1H3,(H,18,23). The largest absolute Gasteiger partial charge is 0.465 e. The van der Waals surface area contributed by atoms with Crippen LogP contribution in [0.4, 0.5) is 0 Å². The zero-order valence-corrected chi connectivity index (χ0v) is 14.3. The first-order valence-corrected chi connectivity index (χ1v) is 8.26. The van der Waals surface area contributed by atoms with Crippen molar-refractivity contribution in [1.82, 2.24) is 20.4 Å². The molecule has 0 bridgehead atoms. The van der Waals surface area contributed by atoms with Gasteiger partial charge in [0.2, 0.25) is 17.6 Å². The summed E-state index contributed by atoms with van der Waals surface area (Å²) in [5.74, 6) is 0.262. The van der Waals surface area contributed by atoms with Gasteiger partial charge >= 0.3 is 5.97 Å². The van der Waals surface area contributed by atoms with Crippen molar-refractivity contribution in [3.05, 3.63) is 35.7 Å². The summed E-state index contributed by atoms with van der Waals surface area (Å²) in [6, 6.07) is 6.27. The van der Waals surface area contributed by atoms with E-state index >= 15 is 0 Å². The molecule has 0 spiro atoms. The first-order valence-electron chi connectivity index (χ1n) is 8.26. The van der Waals surface area contributed by atoms with E-state index in [1.54, 1.807) is 24.3 Å². The lowest BCUT2D eigenvalue weighted by atomic mass is 10.1. The lowest BCUT2D eigenvalue weighted by Crippen LogP contribution is -2.55. The third-order valence-corrected chi connectivity index (χ3v) is 4.21. The maximum Gasteiger partial charge on any atom is 0.337 e. The zero-order valence-electron chi connectivity index (χ0n) is 14.3. The van der Waals surface area contributed by atoms with E-state index in [9.17, 15) is 9.59 Å². The van der Waals surface area contributed by atoms with Gasteiger partial charge < -0.3 is 19.7 Å². The number of benzene rings is 1. The predicted molar refractivity (Wildman–Crippen MR) is 90.0 cm³/mol. The number of carbonyl (C=O) groups is 2. The molecule has 1 aromatic carbocycles. The summed E-state index contributed by atoms with van der Waals surface area (Å²) < 4.78 is 9.96. The third kappa shape index (κ3) is 3.89. The number of methoxy groups -OCH3 is 1. The van der Waals surface area contributed by atoms with Crippen LogP contribution < -0.4 is 5.32 Å². The fourth-order valence-electron chi connectivity index (χ4n) is 2.87. The van der Waals surface area contributed by atoms with Crippen molar-refractivity contribution in [2.45, 2.75) is 19.0 Å². The third-order valence-electron chi connectivity index (χ3n) is 4.21. The number of aromatic nitrogens is 2. The van der Waals surface area contributed by atoms with E-state index in [0.717, 1.165) is 0 Å². The molecule has 1 saturated heterocycles. The van der Waals surface area contributed by atoms with Crippen LogP contribution in [0.1, 0.15) is 22.7 Å². The van der Waals surface area contributed by atoms with Crippen LogP contribution in [0, 0.1) is 0 Å². The molecule has 9 nitrogen and oxygen atoms in total. The van der Waals surface area contributed by atoms with Crippen molar-refractivity contribution in [3.8, 4) is 11.4 Å². The Labute approximate surface area is 149 Å². The lowest BCUT2D eigenvalue weighted by molar-refractivity contribution is -0.130. The molecule has 0 aliphatic carbocycles. The fourth-order valence-corrected chi connectivity index (χ4v) is 2.87. The van der Waals surface area contributed by atoms with E-state index in [4.69, 9.17) is 9.63 Å². The number of nitrogens with zero attached hydrogens (tertiary/aromatic N) is 3. The van der Waals surface area contributed by atoms with Crippen molar-refractivity contribution in [1.29, 1.82) is 0 Å². The number of amides is 1. The fraction of sp³-hybridized carbons (Fsp3) is 0.412. The van der Waals surface area contributed by atoms with E-state index in [1.807, 2.05) is 4.90 Å². The molecule has 1 atom stereocenters. The molecule has 3 rings (SSSR count). The zero-order chi connectivity index (χ0) is 18.5. The quantitative estimate of drug-likeness (QED) is 0.702. The van der Waals surface area contributed by atoms with Gasteiger partial charge in [0, 0.05) is 25.3 Å². The number of rotatable bonds is 6. The second-order valence-electron chi connectivity index (χ2n) is 5.87. The van der Waals surface area contributed by atoms with Gasteiger partial charge in [0.15, 0.2) is 0 Å². The van der Waals surface area contributed by atoms with Crippen LogP contribution in [0.15, 0.2) is 28.8 Å². The molecule has 1 aliphatic rings. The van der Waals surface area contributed by atoms with Crippen molar-refractivity contribution in [2.24, 2.45) is 0 Å². The highest BCUT2D eigenvalue weighted by Crippen LogP contribution is 2.19. The number of hydrogen-bond acceptors (Lipinski definition) is 8. The van der Waals surface area contributed by atoms with Crippen LogP contribution >= 0.6 is 0 Å². The van der Waals surface area contributed by atoms with Gasteiger partial charge in [-0.2, -0.15) is 4.98 Å². The maximum atomic E-state index is 12.0. The van der Waals surface area contributed by atoms with Crippen molar-refractivity contribution in [3.63, 3.8) is 0 Å². The molecule has 2 N–H and O–H groups in total. The Bertz CT molecular complexity index is 774. The van der Waals surface area contributed by atoms with Crippen molar-refractivity contribution >= 4 is 11.9 Å². The number of piperazine rings is 1. The number of carbonyl (C=O) groups excluding carboxylic acids is 2. The SMILES string of the molecule is COC(=O)c1ccc(-c2noc(CN3CCNC(=O)C3CCO)n2)cc1. The molecule has 0 radical (unpaired) electrons. The number of ether oxygens (including phenoxy) is 1. The van der Waals surface area contributed by atoms with Crippen LogP contribution in [-0.4, -0.2) is 64.9 Å². The highest BCUT2D eigenvalue weighted by atomic mass is 16.5. The van der Waals surface area contributed by atoms with Gasteiger partial charge in [-0.15, -0.1) is 0 Å². The van der Waals surface area contributed by atoms with Crippen LogP contribution in [0.3, 0.4) is 0 Å². The average molecular weight is 360 g/mol. The molecule has 1 fully saturated rings. The second kappa shape index (κ2) is 8.07. The topological polar surface area (TPSA) is 118 Å². The van der Waals surface area contributed by atoms with E-state index in [1.165, 1.54) is 7.11 Å². The molecule has 0 saturated carbocycles. The molecule has 1 unspecified atom stereocenters. The lowest BCUT2D eigenvalue weighted by Gasteiger charge is -2.33. The first kappa shape index (κ1) is 18.0. The van der Waals surface area contributed by atoms with Gasteiger partial charge in [0.25, 0.3) is 0 Å². The minimum Gasteiger partial charge on any atom is -0.465 e. The Morgan fingerprint density at radius 2 is 2.19 bits per heavy atom. The Morgan fingerprint density at radius 1 is 1.42 bits per heavy atom. The molecule has 1 aromatic heterocycles. The van der Waals surface area contributed by atoms with E-state index in [2.05, 4.69) is 20.2 Å². The number of hydrogen-bond donors (Lipinski definition) is 2. The highest BCUT2D eigenvalue weighted by molar-refractivity contribution is 5.89. The molecule has 1 aliphatic heterocycles. The van der Waals surface area contributed by atoms with Gasteiger partial charge in [0.1, 0.15) is 0 Å². The summed E-state index contributed by atoms with van der Waals surface area (Å²) in [5, 5.41) is 15.9. The molecule has 9 heteroatoms.